The number of benzene rings is 1. The van der Waals surface area contributed by atoms with Gasteiger partial charge in [-0.05, 0) is 5.56 Å². The molecule has 9 nitrogen and oxygen atoms in total. The maximum absolute atomic E-state index is 12.7. The highest BCUT2D eigenvalue weighted by molar-refractivity contribution is 5.95. The van der Waals surface area contributed by atoms with E-state index in [0.29, 0.717) is 44.7 Å². The number of amides is 1. The number of carbonyl (C=O) groups excluding carboxylic acids is 2. The molecule has 0 atom stereocenters. The molecule has 1 aromatic carbocycles. The fourth-order valence-electron chi connectivity index (χ4n) is 3.10. The molecule has 0 unspecified atom stereocenters. The van der Waals surface area contributed by atoms with E-state index < -0.39 is 0 Å². The fraction of sp³-hybridized carbons (Fsp3) is 0.350. The molecule has 1 aliphatic heterocycles. The molecule has 1 saturated heterocycles. The third-order valence-electron chi connectivity index (χ3n) is 4.89. The molecule has 0 saturated carbocycles. The van der Waals surface area contributed by atoms with Gasteiger partial charge in [0.1, 0.15) is 5.84 Å². The highest BCUT2D eigenvalue weighted by atomic mass is 16.5. The summed E-state index contributed by atoms with van der Waals surface area (Å²) in [7, 11) is 1.38. The lowest BCUT2D eigenvalue weighted by molar-refractivity contribution is -0.141. The number of amidine groups is 1. The molecular weight excluding hydrogens is 372 g/mol. The molecule has 2 heterocycles. The highest BCUT2D eigenvalue weighted by Gasteiger charge is 2.24. The number of hydrogen-bond donors (Lipinski definition) is 2. The maximum atomic E-state index is 12.7. The van der Waals surface area contributed by atoms with E-state index in [9.17, 15) is 9.59 Å². The summed E-state index contributed by atoms with van der Waals surface area (Å²) < 4.78 is 4.65. The molecule has 29 heavy (non-hydrogen) atoms. The van der Waals surface area contributed by atoms with Crippen molar-refractivity contribution in [3.8, 4) is 11.1 Å². The van der Waals surface area contributed by atoms with Crippen molar-refractivity contribution >= 4 is 17.7 Å². The van der Waals surface area contributed by atoms with E-state index in [0.717, 1.165) is 11.1 Å². The van der Waals surface area contributed by atoms with Gasteiger partial charge in [0.05, 0.1) is 13.5 Å². The first-order valence-electron chi connectivity index (χ1n) is 9.33. The Labute approximate surface area is 169 Å². The minimum Gasteiger partial charge on any atom is -0.469 e. The van der Waals surface area contributed by atoms with E-state index >= 15 is 0 Å². The second kappa shape index (κ2) is 9.24. The van der Waals surface area contributed by atoms with E-state index in [2.05, 4.69) is 19.6 Å². The van der Waals surface area contributed by atoms with Crippen molar-refractivity contribution in [2.24, 2.45) is 5.73 Å². The number of nitrogens with zero attached hydrogens (tertiary/aromatic N) is 4. The van der Waals surface area contributed by atoms with Gasteiger partial charge in [-0.3, -0.25) is 19.9 Å². The monoisotopic (exact) mass is 396 g/mol. The fourth-order valence-corrected chi connectivity index (χ4v) is 3.10. The van der Waals surface area contributed by atoms with Gasteiger partial charge in [0.25, 0.3) is 5.91 Å². The number of nitrogens with two attached hydrogens (primary N) is 1. The van der Waals surface area contributed by atoms with E-state index in [-0.39, 0.29) is 23.5 Å². The van der Waals surface area contributed by atoms with Crippen molar-refractivity contribution in [2.45, 2.75) is 6.42 Å². The molecule has 9 heteroatoms. The largest absolute Gasteiger partial charge is 0.469 e. The van der Waals surface area contributed by atoms with Crippen LogP contribution >= 0.6 is 0 Å². The topological polar surface area (TPSA) is 126 Å². The lowest BCUT2D eigenvalue weighted by atomic mass is 10.1. The molecule has 0 spiro atoms. The van der Waals surface area contributed by atoms with E-state index in [4.69, 9.17) is 11.1 Å². The molecule has 0 bridgehead atoms. The van der Waals surface area contributed by atoms with E-state index in [1.165, 1.54) is 7.11 Å². The zero-order valence-corrected chi connectivity index (χ0v) is 16.3. The molecule has 0 aliphatic carbocycles. The summed E-state index contributed by atoms with van der Waals surface area (Å²) in [4.78, 5) is 36.2. The van der Waals surface area contributed by atoms with Gasteiger partial charge in [-0.1, -0.05) is 24.3 Å². The number of nitrogens with one attached hydrogen (secondary N) is 1. The molecule has 1 amide bonds. The Bertz CT molecular complexity index is 874. The molecule has 3 rings (SSSR count). The molecule has 1 fully saturated rings. The third kappa shape index (κ3) is 5.14. The predicted molar refractivity (Wildman–Crippen MR) is 107 cm³/mol. The third-order valence-corrected chi connectivity index (χ3v) is 4.89. The number of aromatic nitrogens is 2. The van der Waals surface area contributed by atoms with Crippen molar-refractivity contribution < 1.29 is 14.3 Å². The summed E-state index contributed by atoms with van der Waals surface area (Å²) in [5.41, 5.74) is 7.77. The molecule has 152 valence electrons. The summed E-state index contributed by atoms with van der Waals surface area (Å²) in [6.45, 7) is 3.16. The van der Waals surface area contributed by atoms with Gasteiger partial charge in [0, 0.05) is 56.2 Å². The van der Waals surface area contributed by atoms with Crippen LogP contribution in [0.1, 0.15) is 22.6 Å². The minimum atomic E-state index is -0.229. The Morgan fingerprint density at radius 3 is 2.24 bits per heavy atom. The summed E-state index contributed by atoms with van der Waals surface area (Å²) in [6, 6.07) is 7.20. The van der Waals surface area contributed by atoms with E-state index in [1.807, 2.05) is 12.1 Å². The first-order valence-corrected chi connectivity index (χ1v) is 9.33. The summed E-state index contributed by atoms with van der Waals surface area (Å²) in [5.74, 6) is -0.250. The smallest absolute Gasteiger partial charge is 0.306 e. The molecule has 2 aromatic rings. The minimum absolute atomic E-state index is 0.0131. The number of methoxy groups -OCH3 is 1. The zero-order valence-electron chi connectivity index (χ0n) is 16.3. The standard InChI is InChI=1S/C20H24N6O3/c1-29-17(27)6-7-25-8-10-26(11-9-25)20(28)19-23-12-16(13-24-19)14-2-4-15(5-3-14)18(21)22/h2-5,12-13H,6-11H2,1H3,(H3,21,22). The molecular formula is C20H24N6O3. The van der Waals surface area contributed by atoms with Gasteiger partial charge in [0.2, 0.25) is 5.82 Å². The van der Waals surface area contributed by atoms with Crippen LogP contribution < -0.4 is 5.73 Å². The van der Waals surface area contributed by atoms with Crippen LogP contribution in [-0.4, -0.2) is 77.3 Å². The predicted octanol–water partition coefficient (Wildman–Crippen LogP) is 0.749. The van der Waals surface area contributed by atoms with Gasteiger partial charge in [0.15, 0.2) is 0 Å². The Morgan fingerprint density at radius 2 is 1.69 bits per heavy atom. The van der Waals surface area contributed by atoms with Crippen LogP contribution in [0.3, 0.4) is 0 Å². The van der Waals surface area contributed by atoms with Gasteiger partial charge in [-0.15, -0.1) is 0 Å². The first-order chi connectivity index (χ1) is 14.0. The lowest BCUT2D eigenvalue weighted by Crippen LogP contribution is -2.49. The molecule has 3 N–H and O–H groups in total. The van der Waals surface area contributed by atoms with Crippen molar-refractivity contribution in [2.75, 3.05) is 39.8 Å². The zero-order chi connectivity index (χ0) is 20.8. The number of carbonyl (C=O) groups is 2. The number of esters is 1. The number of ether oxygens (including phenoxy) is 1. The van der Waals surface area contributed by atoms with Gasteiger partial charge in [-0.2, -0.15) is 0 Å². The summed E-state index contributed by atoms with van der Waals surface area (Å²) in [5, 5.41) is 7.43. The normalized spacial score (nSPS) is 14.4. The van der Waals surface area contributed by atoms with Crippen molar-refractivity contribution in [1.29, 1.82) is 5.41 Å². The summed E-state index contributed by atoms with van der Waals surface area (Å²) in [6.07, 6.45) is 3.59. The average molecular weight is 396 g/mol. The Hall–Kier alpha value is -3.33. The molecule has 1 aliphatic rings. The highest BCUT2D eigenvalue weighted by Crippen LogP contribution is 2.18. The van der Waals surface area contributed by atoms with Crippen molar-refractivity contribution in [3.05, 3.63) is 48.0 Å². The number of rotatable bonds is 6. The van der Waals surface area contributed by atoms with Gasteiger partial charge in [-0.25, -0.2) is 9.97 Å². The molecule has 1 aromatic heterocycles. The lowest BCUT2D eigenvalue weighted by Gasteiger charge is -2.34. The Balaban J connectivity index is 1.57. The van der Waals surface area contributed by atoms with Gasteiger partial charge < -0.3 is 15.4 Å². The second-order valence-electron chi connectivity index (χ2n) is 6.75. The van der Waals surface area contributed by atoms with Crippen LogP contribution in [0.2, 0.25) is 0 Å². The quantitative estimate of drug-likeness (QED) is 0.419. The second-order valence-corrected chi connectivity index (χ2v) is 6.75. The number of hydrogen-bond acceptors (Lipinski definition) is 7. The van der Waals surface area contributed by atoms with Gasteiger partial charge >= 0.3 is 5.97 Å². The first kappa shape index (κ1) is 20.4. The number of nitrogen functional groups attached to an aromatic ring is 1. The van der Waals surface area contributed by atoms with Crippen LogP contribution in [0, 0.1) is 5.41 Å². The number of piperazine rings is 1. The Morgan fingerprint density at radius 1 is 1.07 bits per heavy atom. The Kier molecular flexibility index (Phi) is 6.50. The van der Waals surface area contributed by atoms with Crippen molar-refractivity contribution in [1.82, 2.24) is 19.8 Å². The van der Waals surface area contributed by atoms with Crippen LogP contribution in [0.4, 0.5) is 0 Å². The van der Waals surface area contributed by atoms with E-state index in [1.54, 1.807) is 29.4 Å². The van der Waals surface area contributed by atoms with Crippen LogP contribution in [0.25, 0.3) is 11.1 Å². The van der Waals surface area contributed by atoms with Crippen LogP contribution in [-0.2, 0) is 9.53 Å². The SMILES string of the molecule is COC(=O)CCN1CCN(C(=O)c2ncc(-c3ccc(C(=N)N)cc3)cn2)CC1. The molecule has 0 radical (unpaired) electrons. The van der Waals surface area contributed by atoms with Crippen LogP contribution in [0.15, 0.2) is 36.7 Å². The van der Waals surface area contributed by atoms with Crippen molar-refractivity contribution in [3.63, 3.8) is 0 Å². The average Bonchev–Trinajstić information content (AvgIpc) is 2.77. The maximum Gasteiger partial charge on any atom is 0.306 e. The summed E-state index contributed by atoms with van der Waals surface area (Å²) >= 11 is 0. The van der Waals surface area contributed by atoms with Crippen LogP contribution in [0.5, 0.6) is 0 Å².